The normalized spacial score (nSPS) is 11.6. The molecule has 0 aliphatic rings. The Morgan fingerprint density at radius 3 is 2.52 bits per heavy atom. The van der Waals surface area contributed by atoms with E-state index in [0.717, 1.165) is 5.56 Å². The molecule has 0 radical (unpaired) electrons. The van der Waals surface area contributed by atoms with E-state index in [1.54, 1.807) is 31.3 Å². The second-order valence-corrected chi connectivity index (χ2v) is 5.32. The molecule has 0 bridgehead atoms. The van der Waals surface area contributed by atoms with Crippen LogP contribution >= 0.6 is 0 Å². The zero-order chi connectivity index (χ0) is 18.4. The average molecular weight is 344 g/mol. The number of carbonyl (C=O) groups is 1. The van der Waals surface area contributed by atoms with Crippen molar-refractivity contribution in [2.45, 2.75) is 26.3 Å². The van der Waals surface area contributed by atoms with E-state index in [1.165, 1.54) is 12.3 Å². The van der Waals surface area contributed by atoms with E-state index in [1.807, 2.05) is 19.1 Å². The fourth-order valence-corrected chi connectivity index (χ4v) is 2.72. The number of rotatable bonds is 7. The molecule has 2 heterocycles. The van der Waals surface area contributed by atoms with Crippen molar-refractivity contribution >= 4 is 17.5 Å². The Morgan fingerprint density at radius 1 is 1.28 bits per heavy atom. The van der Waals surface area contributed by atoms with Gasteiger partial charge < -0.3 is 9.64 Å². The summed E-state index contributed by atoms with van der Waals surface area (Å²) in [6.45, 7) is 3.76. The smallest absolute Gasteiger partial charge is 0.345 e. The number of hydrogen-bond acceptors (Lipinski definition) is 7. The quantitative estimate of drug-likeness (QED) is 0.432. The number of aromatic nitrogens is 2. The molecule has 2 aromatic rings. The summed E-state index contributed by atoms with van der Waals surface area (Å²) in [5, 5.41) is 11.6. The molecule has 132 valence electrons. The first kappa shape index (κ1) is 18.3. The summed E-state index contributed by atoms with van der Waals surface area (Å²) in [5.74, 6) is -0.609. The van der Waals surface area contributed by atoms with Crippen LogP contribution in [-0.4, -0.2) is 34.5 Å². The lowest BCUT2D eigenvalue weighted by molar-refractivity contribution is -0.384. The molecule has 25 heavy (non-hydrogen) atoms. The second-order valence-electron chi connectivity index (χ2n) is 5.32. The lowest BCUT2D eigenvalue weighted by atomic mass is 10.0. The topological polar surface area (TPSA) is 98.5 Å². The first-order chi connectivity index (χ1) is 12.0. The van der Waals surface area contributed by atoms with Crippen molar-refractivity contribution in [3.63, 3.8) is 0 Å². The van der Waals surface area contributed by atoms with Crippen molar-refractivity contribution in [3.05, 3.63) is 58.0 Å². The molecule has 8 nitrogen and oxygen atoms in total. The zero-order valence-electron chi connectivity index (χ0n) is 14.4. The second kappa shape index (κ2) is 8.18. The van der Waals surface area contributed by atoms with E-state index in [9.17, 15) is 14.9 Å². The van der Waals surface area contributed by atoms with Gasteiger partial charge in [-0.1, -0.05) is 6.92 Å². The maximum Gasteiger partial charge on any atom is 0.345 e. The summed E-state index contributed by atoms with van der Waals surface area (Å²) < 4.78 is 4.93. The molecule has 0 saturated heterocycles. The van der Waals surface area contributed by atoms with Crippen LogP contribution in [-0.2, 0) is 4.74 Å². The Labute approximate surface area is 145 Å². The van der Waals surface area contributed by atoms with Gasteiger partial charge in [-0.05, 0) is 37.1 Å². The summed E-state index contributed by atoms with van der Waals surface area (Å²) in [6, 6.07) is 4.87. The highest BCUT2D eigenvalue weighted by molar-refractivity contribution is 5.96. The highest BCUT2D eigenvalue weighted by Crippen LogP contribution is 2.35. The molecule has 2 rings (SSSR count). The van der Waals surface area contributed by atoms with Gasteiger partial charge in [-0.2, -0.15) is 0 Å². The molecule has 0 unspecified atom stereocenters. The number of ether oxygens (including phenoxy) is 1. The minimum absolute atomic E-state index is 0.103. The van der Waals surface area contributed by atoms with Crippen molar-refractivity contribution in [2.75, 3.05) is 18.6 Å². The van der Waals surface area contributed by atoms with Crippen LogP contribution in [0.2, 0.25) is 0 Å². The van der Waals surface area contributed by atoms with Gasteiger partial charge in [0.2, 0.25) is 5.82 Å². The number of pyridine rings is 2. The predicted molar refractivity (Wildman–Crippen MR) is 92.5 cm³/mol. The molecule has 0 amide bonds. The average Bonchev–Trinajstić information content (AvgIpc) is 2.62. The number of nitro groups is 1. The molecular formula is C17H20N4O4. The maximum absolute atomic E-state index is 12.1. The van der Waals surface area contributed by atoms with Gasteiger partial charge in [-0.15, -0.1) is 0 Å². The van der Waals surface area contributed by atoms with E-state index in [2.05, 4.69) is 9.97 Å². The van der Waals surface area contributed by atoms with Crippen LogP contribution in [0.5, 0.6) is 0 Å². The van der Waals surface area contributed by atoms with E-state index >= 15 is 0 Å². The van der Waals surface area contributed by atoms with Crippen LogP contribution < -0.4 is 4.90 Å². The monoisotopic (exact) mass is 344 g/mol. The fourth-order valence-electron chi connectivity index (χ4n) is 2.72. The van der Waals surface area contributed by atoms with Gasteiger partial charge in [0.05, 0.1) is 17.6 Å². The summed E-state index contributed by atoms with van der Waals surface area (Å²) >= 11 is 0. The SMILES string of the molecule is CCOC(=O)c1ccnc(N(C)[C@@H](CC)c2ccncc2)c1[N+](=O)[O-]. The Kier molecular flexibility index (Phi) is 5.99. The van der Waals surface area contributed by atoms with Crippen molar-refractivity contribution < 1.29 is 14.5 Å². The van der Waals surface area contributed by atoms with Crippen LogP contribution in [0.1, 0.15) is 42.2 Å². The highest BCUT2D eigenvalue weighted by atomic mass is 16.6. The molecule has 8 heteroatoms. The molecule has 0 N–H and O–H groups in total. The molecule has 0 aliphatic carbocycles. The lowest BCUT2D eigenvalue weighted by Crippen LogP contribution is -2.26. The largest absolute Gasteiger partial charge is 0.462 e. The molecular weight excluding hydrogens is 324 g/mol. The summed E-state index contributed by atoms with van der Waals surface area (Å²) in [7, 11) is 1.72. The fraction of sp³-hybridized carbons (Fsp3) is 0.353. The number of hydrogen-bond donors (Lipinski definition) is 0. The minimum atomic E-state index is -0.733. The maximum atomic E-state index is 12.1. The molecule has 0 aromatic carbocycles. The van der Waals surface area contributed by atoms with Crippen LogP contribution in [0.15, 0.2) is 36.8 Å². The van der Waals surface area contributed by atoms with E-state index in [4.69, 9.17) is 4.74 Å². The number of carbonyl (C=O) groups excluding carboxylic acids is 1. The van der Waals surface area contributed by atoms with Gasteiger partial charge in [-0.3, -0.25) is 15.1 Å². The Balaban J connectivity index is 2.52. The third-order valence-corrected chi connectivity index (χ3v) is 3.86. The van der Waals surface area contributed by atoms with Crippen molar-refractivity contribution in [1.29, 1.82) is 0 Å². The summed E-state index contributed by atoms with van der Waals surface area (Å²) in [5.41, 5.74) is 0.502. The number of esters is 1. The van der Waals surface area contributed by atoms with Gasteiger partial charge in [0.1, 0.15) is 5.56 Å². The van der Waals surface area contributed by atoms with Gasteiger partial charge in [0.15, 0.2) is 0 Å². The summed E-state index contributed by atoms with van der Waals surface area (Å²) in [4.78, 5) is 33.0. The predicted octanol–water partition coefficient (Wildman–Crippen LogP) is 3.15. The van der Waals surface area contributed by atoms with E-state index in [0.29, 0.717) is 6.42 Å². The third-order valence-electron chi connectivity index (χ3n) is 3.86. The first-order valence-corrected chi connectivity index (χ1v) is 7.94. The van der Waals surface area contributed by atoms with Crippen molar-refractivity contribution in [3.8, 4) is 0 Å². The molecule has 0 saturated carbocycles. The molecule has 2 aromatic heterocycles. The van der Waals surface area contributed by atoms with Crippen LogP contribution in [0.3, 0.4) is 0 Å². The molecule has 0 fully saturated rings. The Bertz CT molecular complexity index is 752. The van der Waals surface area contributed by atoms with Crippen LogP contribution in [0.4, 0.5) is 11.5 Å². The number of anilines is 1. The lowest BCUT2D eigenvalue weighted by Gasteiger charge is -2.28. The molecule has 0 spiro atoms. The minimum Gasteiger partial charge on any atom is -0.462 e. The Morgan fingerprint density at radius 2 is 1.96 bits per heavy atom. The van der Waals surface area contributed by atoms with Gasteiger partial charge in [-0.25, -0.2) is 9.78 Å². The van der Waals surface area contributed by atoms with Gasteiger partial charge >= 0.3 is 11.7 Å². The van der Waals surface area contributed by atoms with Crippen molar-refractivity contribution in [1.82, 2.24) is 9.97 Å². The third kappa shape index (κ3) is 3.90. The van der Waals surface area contributed by atoms with E-state index < -0.39 is 10.9 Å². The standard InChI is InChI=1S/C17H20N4O4/c1-4-14(12-6-9-18-10-7-12)20(3)16-15(21(23)24)13(8-11-19-16)17(22)25-5-2/h6-11,14H,4-5H2,1-3H3/t14-/m0/s1. The number of nitrogens with zero attached hydrogens (tertiary/aromatic N) is 4. The first-order valence-electron chi connectivity index (χ1n) is 7.94. The highest BCUT2D eigenvalue weighted by Gasteiger charge is 2.31. The zero-order valence-corrected chi connectivity index (χ0v) is 14.4. The van der Waals surface area contributed by atoms with Crippen LogP contribution in [0, 0.1) is 10.1 Å². The Hall–Kier alpha value is -3.03. The molecule has 1 atom stereocenters. The van der Waals surface area contributed by atoms with Crippen molar-refractivity contribution in [2.24, 2.45) is 0 Å². The molecule has 0 aliphatic heterocycles. The van der Waals surface area contributed by atoms with Gasteiger partial charge in [0, 0.05) is 25.6 Å². The summed E-state index contributed by atoms with van der Waals surface area (Å²) in [6.07, 6.45) is 5.42. The van der Waals surface area contributed by atoms with E-state index in [-0.39, 0.29) is 29.7 Å². The van der Waals surface area contributed by atoms with Crippen LogP contribution in [0.25, 0.3) is 0 Å². The van der Waals surface area contributed by atoms with Gasteiger partial charge in [0.25, 0.3) is 0 Å².